The third kappa shape index (κ3) is 6.95. The molecule has 1 heterocycles. The summed E-state index contributed by atoms with van der Waals surface area (Å²) in [7, 11) is -1.46. The molecule has 1 aromatic carbocycles. The van der Waals surface area contributed by atoms with Crippen molar-refractivity contribution < 1.29 is 29.1 Å². The number of carbonyl (C=O) groups excluding carboxylic acids is 1. The van der Waals surface area contributed by atoms with Crippen molar-refractivity contribution in [2.45, 2.75) is 45.5 Å². The van der Waals surface area contributed by atoms with E-state index in [4.69, 9.17) is 24.3 Å². The second kappa shape index (κ2) is 9.37. The van der Waals surface area contributed by atoms with Gasteiger partial charge in [-0.15, -0.1) is 0 Å². The molecule has 0 aromatic heterocycles. The maximum atomic E-state index is 12.1. The molecule has 1 aliphatic heterocycles. The minimum Gasteiger partial charge on any atom is -0.444 e. The van der Waals surface area contributed by atoms with E-state index in [1.165, 1.54) is 0 Å². The molecule has 0 aliphatic carbocycles. The van der Waals surface area contributed by atoms with Gasteiger partial charge in [0, 0.05) is 13.2 Å². The van der Waals surface area contributed by atoms with E-state index in [0.29, 0.717) is 44.8 Å². The molecule has 144 valence electrons. The second-order valence-corrected chi connectivity index (χ2v) is 7.38. The number of amides is 1. The summed E-state index contributed by atoms with van der Waals surface area (Å²) >= 11 is 0. The van der Waals surface area contributed by atoms with Crippen LogP contribution in [-0.2, 0) is 20.8 Å². The Labute approximate surface area is 155 Å². The first-order chi connectivity index (χ1) is 12.2. The Balaban J connectivity index is 1.69. The van der Waals surface area contributed by atoms with Gasteiger partial charge in [0.2, 0.25) is 0 Å². The van der Waals surface area contributed by atoms with Gasteiger partial charge in [-0.1, -0.05) is 24.3 Å². The molecular formula is C18H28BNO6. The largest absolute Gasteiger partial charge is 0.488 e. The Bertz CT molecular complexity index is 572. The number of benzene rings is 1. The molecule has 1 aromatic rings. The Hall–Kier alpha value is -1.61. The van der Waals surface area contributed by atoms with E-state index in [1.54, 1.807) is 29.2 Å². The highest BCUT2D eigenvalue weighted by atomic mass is 16.6. The van der Waals surface area contributed by atoms with E-state index < -0.39 is 12.7 Å². The summed E-state index contributed by atoms with van der Waals surface area (Å²) in [6.07, 6.45) is 0.313. The predicted octanol–water partition coefficient (Wildman–Crippen LogP) is 0.909. The molecule has 1 saturated heterocycles. The summed E-state index contributed by atoms with van der Waals surface area (Å²) in [5, 5.41) is 18.1. The van der Waals surface area contributed by atoms with Gasteiger partial charge >= 0.3 is 13.2 Å². The summed E-state index contributed by atoms with van der Waals surface area (Å²) in [5.41, 5.74) is 0.899. The van der Waals surface area contributed by atoms with Crippen molar-refractivity contribution in [2.75, 3.05) is 26.3 Å². The van der Waals surface area contributed by atoms with Crippen LogP contribution in [0.2, 0.25) is 0 Å². The molecule has 0 saturated carbocycles. The molecule has 1 fully saturated rings. The molecule has 1 amide bonds. The van der Waals surface area contributed by atoms with Crippen molar-refractivity contribution in [3.63, 3.8) is 0 Å². The van der Waals surface area contributed by atoms with Crippen molar-refractivity contribution in [2.24, 2.45) is 0 Å². The van der Waals surface area contributed by atoms with Crippen molar-refractivity contribution >= 4 is 18.7 Å². The Morgan fingerprint density at radius 3 is 2.62 bits per heavy atom. The van der Waals surface area contributed by atoms with Gasteiger partial charge in [0.25, 0.3) is 0 Å². The highest BCUT2D eigenvalue weighted by Gasteiger charge is 2.27. The predicted molar refractivity (Wildman–Crippen MR) is 98.1 cm³/mol. The first kappa shape index (κ1) is 20.7. The van der Waals surface area contributed by atoms with Crippen molar-refractivity contribution in [1.82, 2.24) is 4.90 Å². The fourth-order valence-electron chi connectivity index (χ4n) is 2.58. The molecule has 0 spiro atoms. The lowest BCUT2D eigenvalue weighted by Gasteiger charge is -2.34. The minimum absolute atomic E-state index is 0.0665. The van der Waals surface area contributed by atoms with E-state index >= 15 is 0 Å². The van der Waals surface area contributed by atoms with Crippen LogP contribution in [0.3, 0.4) is 0 Å². The summed E-state index contributed by atoms with van der Waals surface area (Å²) in [5.74, 6) is 0. The summed E-state index contributed by atoms with van der Waals surface area (Å²) in [4.78, 5) is 13.8. The van der Waals surface area contributed by atoms with Crippen LogP contribution in [-0.4, -0.2) is 66.2 Å². The summed E-state index contributed by atoms with van der Waals surface area (Å²) < 4.78 is 16.8. The smallest absolute Gasteiger partial charge is 0.444 e. The number of morpholine rings is 1. The number of hydrogen-bond acceptors (Lipinski definition) is 6. The zero-order valence-corrected chi connectivity index (χ0v) is 15.7. The zero-order chi connectivity index (χ0) is 19.2. The molecule has 1 aliphatic rings. The van der Waals surface area contributed by atoms with Gasteiger partial charge in [0.1, 0.15) is 5.60 Å². The molecule has 8 heteroatoms. The topological polar surface area (TPSA) is 88.5 Å². The van der Waals surface area contributed by atoms with E-state index in [1.807, 2.05) is 20.8 Å². The summed E-state index contributed by atoms with van der Waals surface area (Å²) in [6.45, 7) is 8.03. The molecule has 7 nitrogen and oxygen atoms in total. The Kier molecular flexibility index (Phi) is 7.46. The maximum absolute atomic E-state index is 12.1. The van der Waals surface area contributed by atoms with Gasteiger partial charge in [-0.3, -0.25) is 0 Å². The van der Waals surface area contributed by atoms with Crippen LogP contribution in [0.1, 0.15) is 32.8 Å². The molecule has 1 atom stereocenters. The number of rotatable bonds is 6. The normalized spacial score (nSPS) is 17.9. The molecule has 2 rings (SSSR count). The van der Waals surface area contributed by atoms with E-state index in [2.05, 4.69) is 0 Å². The van der Waals surface area contributed by atoms with Gasteiger partial charge in [-0.25, -0.2) is 4.79 Å². The molecule has 0 radical (unpaired) electrons. The van der Waals surface area contributed by atoms with Crippen LogP contribution in [0.15, 0.2) is 24.3 Å². The number of carbonyl (C=O) groups is 1. The van der Waals surface area contributed by atoms with Crippen LogP contribution < -0.4 is 5.46 Å². The Morgan fingerprint density at radius 2 is 2.00 bits per heavy atom. The quantitative estimate of drug-likeness (QED) is 0.576. The second-order valence-electron chi connectivity index (χ2n) is 7.38. The lowest BCUT2D eigenvalue weighted by molar-refractivity contribution is -0.0532. The van der Waals surface area contributed by atoms with Crippen molar-refractivity contribution in [1.29, 1.82) is 0 Å². The first-order valence-corrected chi connectivity index (χ1v) is 8.87. The van der Waals surface area contributed by atoms with Crippen LogP contribution in [0.4, 0.5) is 4.79 Å². The lowest BCUT2D eigenvalue weighted by Crippen LogP contribution is -2.47. The van der Waals surface area contributed by atoms with Gasteiger partial charge in [-0.2, -0.15) is 0 Å². The molecule has 1 unspecified atom stereocenters. The SMILES string of the molecule is CC(C)(C)OC(=O)N1CCOC(CCOCc2ccc(B(O)O)cc2)C1. The molecule has 0 bridgehead atoms. The minimum atomic E-state index is -1.46. The molecule has 26 heavy (non-hydrogen) atoms. The van der Waals surface area contributed by atoms with Crippen molar-refractivity contribution in [3.8, 4) is 0 Å². The average molecular weight is 365 g/mol. The van der Waals surface area contributed by atoms with Crippen molar-refractivity contribution in [3.05, 3.63) is 29.8 Å². The van der Waals surface area contributed by atoms with Gasteiger partial charge in [0.05, 0.1) is 25.9 Å². The fraction of sp³-hybridized carbons (Fsp3) is 0.611. The third-order valence-electron chi connectivity index (χ3n) is 3.92. The van der Waals surface area contributed by atoms with Gasteiger partial charge < -0.3 is 29.2 Å². The molecule has 2 N–H and O–H groups in total. The van der Waals surface area contributed by atoms with Crippen LogP contribution in [0, 0.1) is 0 Å². The van der Waals surface area contributed by atoms with Crippen LogP contribution in [0.25, 0.3) is 0 Å². The summed E-state index contributed by atoms with van der Waals surface area (Å²) in [6, 6.07) is 6.92. The Morgan fingerprint density at radius 1 is 1.31 bits per heavy atom. The number of hydrogen-bond donors (Lipinski definition) is 2. The first-order valence-electron chi connectivity index (χ1n) is 8.87. The number of nitrogens with zero attached hydrogens (tertiary/aromatic N) is 1. The van der Waals surface area contributed by atoms with E-state index in [0.717, 1.165) is 5.56 Å². The standard InChI is InChI=1S/C18H28BNO6/c1-18(2,3)26-17(21)20-9-11-25-16(12-20)8-10-24-13-14-4-6-15(7-5-14)19(22)23/h4-7,16,22-23H,8-13H2,1-3H3. The van der Waals surface area contributed by atoms with E-state index in [-0.39, 0.29) is 12.2 Å². The van der Waals surface area contributed by atoms with Crippen LogP contribution in [0.5, 0.6) is 0 Å². The van der Waals surface area contributed by atoms with Crippen LogP contribution >= 0.6 is 0 Å². The molecular weight excluding hydrogens is 337 g/mol. The monoisotopic (exact) mass is 365 g/mol. The van der Waals surface area contributed by atoms with Gasteiger partial charge in [-0.05, 0) is 38.2 Å². The fourth-order valence-corrected chi connectivity index (χ4v) is 2.58. The highest BCUT2D eigenvalue weighted by molar-refractivity contribution is 6.58. The third-order valence-corrected chi connectivity index (χ3v) is 3.92. The van der Waals surface area contributed by atoms with Gasteiger partial charge in [0.15, 0.2) is 0 Å². The zero-order valence-electron chi connectivity index (χ0n) is 15.7. The lowest BCUT2D eigenvalue weighted by atomic mass is 9.80. The highest BCUT2D eigenvalue weighted by Crippen LogP contribution is 2.14. The maximum Gasteiger partial charge on any atom is 0.488 e. The van der Waals surface area contributed by atoms with E-state index in [9.17, 15) is 4.79 Å². The number of ether oxygens (including phenoxy) is 3. The average Bonchev–Trinajstić information content (AvgIpc) is 2.58.